The van der Waals surface area contributed by atoms with Crippen LogP contribution in [0.5, 0.6) is 0 Å². The standard InChI is InChI=1S/C14H18BrN3O2/c1-14(9-10-3-5-11(15)6-4-10)12(19)17-13(18-14)16-7-8-20-2/h3-6H,7-9H2,1-2H3,(H2,16,17,18,19). The number of rotatable bonds is 5. The Bertz CT molecular complexity index is 516. The van der Waals surface area contributed by atoms with E-state index in [0.29, 0.717) is 25.5 Å². The van der Waals surface area contributed by atoms with E-state index in [1.165, 1.54) is 0 Å². The number of nitrogens with zero attached hydrogens (tertiary/aromatic N) is 1. The van der Waals surface area contributed by atoms with Crippen LogP contribution in [0.3, 0.4) is 0 Å². The maximum Gasteiger partial charge on any atom is 0.252 e. The van der Waals surface area contributed by atoms with E-state index in [4.69, 9.17) is 4.74 Å². The average molecular weight is 340 g/mol. The number of methoxy groups -OCH3 is 1. The number of hydrogen-bond acceptors (Lipinski definition) is 3. The molecule has 5 nitrogen and oxygen atoms in total. The molecule has 2 rings (SSSR count). The molecule has 1 aromatic rings. The molecule has 1 atom stereocenters. The van der Waals surface area contributed by atoms with Crippen molar-refractivity contribution in [3.8, 4) is 0 Å². The Balaban J connectivity index is 2.04. The van der Waals surface area contributed by atoms with Crippen molar-refractivity contribution < 1.29 is 9.53 Å². The van der Waals surface area contributed by atoms with Gasteiger partial charge in [0.05, 0.1) is 13.2 Å². The third kappa shape index (κ3) is 3.58. The van der Waals surface area contributed by atoms with Crippen LogP contribution in [0.2, 0.25) is 0 Å². The molecule has 6 heteroatoms. The van der Waals surface area contributed by atoms with Gasteiger partial charge >= 0.3 is 0 Å². The SMILES string of the molecule is COCCN=C1NC(=O)C(C)(Cc2ccc(Br)cc2)N1. The highest BCUT2D eigenvalue weighted by atomic mass is 79.9. The molecule has 0 radical (unpaired) electrons. The zero-order chi connectivity index (χ0) is 14.6. The minimum atomic E-state index is -0.667. The minimum absolute atomic E-state index is 0.0587. The summed E-state index contributed by atoms with van der Waals surface area (Å²) < 4.78 is 5.96. The number of guanidine groups is 1. The number of aliphatic imine (C=N–C) groups is 1. The zero-order valence-electron chi connectivity index (χ0n) is 11.6. The number of nitrogens with one attached hydrogen (secondary N) is 2. The van der Waals surface area contributed by atoms with E-state index in [1.54, 1.807) is 7.11 Å². The number of carbonyl (C=O) groups excluding carboxylic acids is 1. The van der Waals surface area contributed by atoms with Gasteiger partial charge in [-0.15, -0.1) is 0 Å². The van der Waals surface area contributed by atoms with Crippen LogP contribution in [-0.2, 0) is 16.0 Å². The van der Waals surface area contributed by atoms with Crippen molar-refractivity contribution in [2.75, 3.05) is 20.3 Å². The Hall–Kier alpha value is -1.40. The lowest BCUT2D eigenvalue weighted by Gasteiger charge is -2.21. The molecule has 0 aliphatic carbocycles. The summed E-state index contributed by atoms with van der Waals surface area (Å²) in [6.07, 6.45) is 0.607. The monoisotopic (exact) mass is 339 g/mol. The second-order valence-electron chi connectivity index (χ2n) is 4.94. The first kappa shape index (κ1) is 15.0. The predicted octanol–water partition coefficient (Wildman–Crippen LogP) is 1.47. The summed E-state index contributed by atoms with van der Waals surface area (Å²) in [6, 6.07) is 7.95. The second-order valence-corrected chi connectivity index (χ2v) is 5.85. The van der Waals surface area contributed by atoms with Gasteiger partial charge in [0.25, 0.3) is 5.91 Å². The van der Waals surface area contributed by atoms with Crippen molar-refractivity contribution in [1.29, 1.82) is 0 Å². The number of benzene rings is 1. The van der Waals surface area contributed by atoms with Crippen LogP contribution in [0, 0.1) is 0 Å². The summed E-state index contributed by atoms with van der Waals surface area (Å²) in [6.45, 7) is 2.93. The van der Waals surface area contributed by atoms with Gasteiger partial charge in [0.15, 0.2) is 5.96 Å². The summed E-state index contributed by atoms with van der Waals surface area (Å²) in [4.78, 5) is 16.4. The molecule has 1 amide bonds. The molecule has 1 saturated heterocycles. The number of hydrogen-bond donors (Lipinski definition) is 2. The molecule has 1 aliphatic rings. The predicted molar refractivity (Wildman–Crippen MR) is 81.7 cm³/mol. The molecule has 2 N–H and O–H groups in total. The summed E-state index contributed by atoms with van der Waals surface area (Å²) >= 11 is 3.40. The van der Waals surface area contributed by atoms with E-state index < -0.39 is 5.54 Å². The van der Waals surface area contributed by atoms with E-state index in [2.05, 4.69) is 31.6 Å². The Morgan fingerprint density at radius 2 is 2.05 bits per heavy atom. The molecule has 1 aliphatic heterocycles. The fourth-order valence-corrected chi connectivity index (χ4v) is 2.32. The number of ether oxygens (including phenoxy) is 1. The van der Waals surface area contributed by atoms with Crippen molar-refractivity contribution in [2.24, 2.45) is 4.99 Å². The van der Waals surface area contributed by atoms with Crippen LogP contribution in [0.1, 0.15) is 12.5 Å². The van der Waals surface area contributed by atoms with Crippen LogP contribution in [-0.4, -0.2) is 37.7 Å². The second kappa shape index (κ2) is 6.37. The first-order valence-corrected chi connectivity index (χ1v) is 7.20. The van der Waals surface area contributed by atoms with Crippen molar-refractivity contribution in [3.63, 3.8) is 0 Å². The highest BCUT2D eigenvalue weighted by Crippen LogP contribution is 2.19. The topological polar surface area (TPSA) is 62.7 Å². The van der Waals surface area contributed by atoms with Gasteiger partial charge in [0.2, 0.25) is 0 Å². The van der Waals surface area contributed by atoms with Gasteiger partial charge in [-0.05, 0) is 24.6 Å². The van der Waals surface area contributed by atoms with Gasteiger partial charge in [-0.1, -0.05) is 28.1 Å². The number of carbonyl (C=O) groups is 1. The molecule has 0 bridgehead atoms. The van der Waals surface area contributed by atoms with Gasteiger partial charge in [-0.2, -0.15) is 0 Å². The third-order valence-electron chi connectivity index (χ3n) is 3.16. The molecule has 1 aromatic carbocycles. The Kier molecular flexibility index (Phi) is 4.77. The molecule has 0 aromatic heterocycles. The fraction of sp³-hybridized carbons (Fsp3) is 0.429. The molecule has 108 valence electrons. The maximum atomic E-state index is 12.1. The lowest BCUT2D eigenvalue weighted by molar-refractivity contribution is -0.123. The van der Waals surface area contributed by atoms with E-state index >= 15 is 0 Å². The van der Waals surface area contributed by atoms with Crippen LogP contribution >= 0.6 is 15.9 Å². The summed E-state index contributed by atoms with van der Waals surface area (Å²) in [5.74, 6) is 0.461. The van der Waals surface area contributed by atoms with E-state index in [0.717, 1.165) is 10.0 Å². The largest absolute Gasteiger partial charge is 0.383 e. The van der Waals surface area contributed by atoms with Gasteiger partial charge in [0, 0.05) is 18.0 Å². The molecule has 20 heavy (non-hydrogen) atoms. The molecule has 1 heterocycles. The van der Waals surface area contributed by atoms with Crippen molar-refractivity contribution in [3.05, 3.63) is 34.3 Å². The van der Waals surface area contributed by atoms with Crippen LogP contribution in [0.4, 0.5) is 0 Å². The first-order valence-electron chi connectivity index (χ1n) is 6.41. The summed E-state index contributed by atoms with van der Waals surface area (Å²) in [5, 5.41) is 5.93. The van der Waals surface area contributed by atoms with Crippen LogP contribution in [0.15, 0.2) is 33.7 Å². The Morgan fingerprint density at radius 1 is 1.35 bits per heavy atom. The van der Waals surface area contributed by atoms with Crippen molar-refractivity contribution in [2.45, 2.75) is 18.9 Å². The fourth-order valence-electron chi connectivity index (χ4n) is 2.06. The molecule has 1 fully saturated rings. The number of amides is 1. The number of halogens is 1. The van der Waals surface area contributed by atoms with E-state index in [1.807, 2.05) is 31.2 Å². The highest BCUT2D eigenvalue weighted by Gasteiger charge is 2.40. The Morgan fingerprint density at radius 3 is 2.70 bits per heavy atom. The van der Waals surface area contributed by atoms with Gasteiger partial charge in [-0.3, -0.25) is 15.1 Å². The molecular formula is C14H18BrN3O2. The lowest BCUT2D eigenvalue weighted by Crippen LogP contribution is -2.45. The van der Waals surface area contributed by atoms with Crippen molar-refractivity contribution in [1.82, 2.24) is 10.6 Å². The summed E-state index contributed by atoms with van der Waals surface area (Å²) in [5.41, 5.74) is 0.427. The van der Waals surface area contributed by atoms with Crippen molar-refractivity contribution >= 4 is 27.8 Å². The Labute approximate surface area is 126 Å². The summed E-state index contributed by atoms with van der Waals surface area (Å²) in [7, 11) is 1.62. The zero-order valence-corrected chi connectivity index (χ0v) is 13.2. The van der Waals surface area contributed by atoms with Gasteiger partial charge in [0.1, 0.15) is 5.54 Å². The highest BCUT2D eigenvalue weighted by molar-refractivity contribution is 9.10. The average Bonchev–Trinajstić information content (AvgIpc) is 2.68. The van der Waals surface area contributed by atoms with E-state index in [-0.39, 0.29) is 5.91 Å². The van der Waals surface area contributed by atoms with E-state index in [9.17, 15) is 4.79 Å². The first-order chi connectivity index (χ1) is 9.53. The molecule has 1 unspecified atom stereocenters. The van der Waals surface area contributed by atoms with Crippen LogP contribution in [0.25, 0.3) is 0 Å². The molecule has 0 spiro atoms. The smallest absolute Gasteiger partial charge is 0.252 e. The minimum Gasteiger partial charge on any atom is -0.383 e. The quantitative estimate of drug-likeness (QED) is 0.798. The van der Waals surface area contributed by atoms with Gasteiger partial charge < -0.3 is 10.1 Å². The van der Waals surface area contributed by atoms with Gasteiger partial charge in [-0.25, -0.2) is 0 Å². The van der Waals surface area contributed by atoms with Crippen LogP contribution < -0.4 is 10.6 Å². The third-order valence-corrected chi connectivity index (χ3v) is 3.69. The normalized spacial score (nSPS) is 23.8. The maximum absolute atomic E-state index is 12.1. The molecular weight excluding hydrogens is 322 g/mol. The lowest BCUT2D eigenvalue weighted by atomic mass is 9.93. The molecule has 0 saturated carbocycles.